The van der Waals surface area contributed by atoms with Crippen LogP contribution >= 0.6 is 15.9 Å². The number of pyridine rings is 1. The van der Waals surface area contributed by atoms with E-state index in [9.17, 15) is 4.39 Å². The van der Waals surface area contributed by atoms with Crippen molar-refractivity contribution in [3.8, 4) is 0 Å². The molecule has 1 aromatic rings. The van der Waals surface area contributed by atoms with Crippen LogP contribution < -0.4 is 10.6 Å². The van der Waals surface area contributed by atoms with Crippen LogP contribution in [0.4, 0.5) is 10.2 Å². The first-order valence-electron chi connectivity index (χ1n) is 7.19. The molecule has 0 spiro atoms. The van der Waals surface area contributed by atoms with E-state index < -0.39 is 0 Å². The van der Waals surface area contributed by atoms with Crippen LogP contribution in [-0.4, -0.2) is 49.2 Å². The van der Waals surface area contributed by atoms with Crippen molar-refractivity contribution in [1.82, 2.24) is 9.88 Å². The highest BCUT2D eigenvalue weighted by Gasteiger charge is 2.18. The standard InChI is InChI=1S/C14H22BrFN4/c15-12-10-13(16)14(18-11-12)20-7-3-6-19(8-9-20)5-2-1-4-17/h10-11H,1-9,17H2. The smallest absolute Gasteiger partial charge is 0.166 e. The van der Waals surface area contributed by atoms with E-state index in [-0.39, 0.29) is 5.82 Å². The van der Waals surface area contributed by atoms with Crippen LogP contribution in [0.25, 0.3) is 0 Å². The molecule has 2 rings (SSSR count). The number of hydrogen-bond acceptors (Lipinski definition) is 4. The molecule has 0 unspecified atom stereocenters. The summed E-state index contributed by atoms with van der Waals surface area (Å²) in [6.07, 6.45) is 4.91. The van der Waals surface area contributed by atoms with Crippen molar-refractivity contribution in [3.05, 3.63) is 22.6 Å². The fraction of sp³-hybridized carbons (Fsp3) is 0.643. The van der Waals surface area contributed by atoms with Crippen LogP contribution in [0.3, 0.4) is 0 Å². The van der Waals surface area contributed by atoms with E-state index in [0.717, 1.165) is 58.5 Å². The lowest BCUT2D eigenvalue weighted by atomic mass is 10.3. The highest BCUT2D eigenvalue weighted by atomic mass is 79.9. The maximum atomic E-state index is 14.0. The van der Waals surface area contributed by atoms with Gasteiger partial charge in [-0.2, -0.15) is 0 Å². The average molecular weight is 345 g/mol. The lowest BCUT2D eigenvalue weighted by Gasteiger charge is -2.23. The van der Waals surface area contributed by atoms with Gasteiger partial charge in [-0.05, 0) is 60.9 Å². The molecule has 1 saturated heterocycles. The highest BCUT2D eigenvalue weighted by molar-refractivity contribution is 9.10. The van der Waals surface area contributed by atoms with E-state index in [1.165, 1.54) is 6.07 Å². The zero-order chi connectivity index (χ0) is 14.4. The maximum absolute atomic E-state index is 14.0. The van der Waals surface area contributed by atoms with Crippen LogP contribution in [0.5, 0.6) is 0 Å². The van der Waals surface area contributed by atoms with Gasteiger partial charge in [0.2, 0.25) is 0 Å². The number of nitrogens with zero attached hydrogens (tertiary/aromatic N) is 3. The molecule has 1 aromatic heterocycles. The summed E-state index contributed by atoms with van der Waals surface area (Å²) in [5.41, 5.74) is 5.52. The molecular formula is C14H22BrFN4. The van der Waals surface area contributed by atoms with Gasteiger partial charge in [0.1, 0.15) is 0 Å². The normalized spacial score (nSPS) is 17.2. The van der Waals surface area contributed by atoms with Crippen molar-refractivity contribution in [2.45, 2.75) is 19.3 Å². The van der Waals surface area contributed by atoms with E-state index in [1.807, 2.05) is 4.90 Å². The van der Waals surface area contributed by atoms with E-state index >= 15 is 0 Å². The van der Waals surface area contributed by atoms with Gasteiger partial charge in [0.25, 0.3) is 0 Å². The summed E-state index contributed by atoms with van der Waals surface area (Å²) in [4.78, 5) is 8.70. The molecule has 0 saturated carbocycles. The summed E-state index contributed by atoms with van der Waals surface area (Å²) in [5, 5.41) is 0. The number of rotatable bonds is 5. The number of hydrogen-bond donors (Lipinski definition) is 1. The Labute approximate surface area is 128 Å². The molecule has 0 atom stereocenters. The summed E-state index contributed by atoms with van der Waals surface area (Å²) in [6, 6.07) is 1.48. The van der Waals surface area contributed by atoms with Gasteiger partial charge >= 0.3 is 0 Å². The Hall–Kier alpha value is -0.720. The summed E-state index contributed by atoms with van der Waals surface area (Å²) >= 11 is 3.24. The molecule has 0 bridgehead atoms. The summed E-state index contributed by atoms with van der Waals surface area (Å²) in [6.45, 7) is 5.56. The van der Waals surface area contributed by atoms with Crippen molar-refractivity contribution >= 4 is 21.7 Å². The van der Waals surface area contributed by atoms with Gasteiger partial charge in [-0.1, -0.05) is 0 Å². The first-order valence-corrected chi connectivity index (χ1v) is 7.98. The van der Waals surface area contributed by atoms with Gasteiger partial charge in [0.05, 0.1) is 0 Å². The molecule has 1 fully saturated rings. The van der Waals surface area contributed by atoms with Crippen molar-refractivity contribution in [2.75, 3.05) is 44.2 Å². The minimum absolute atomic E-state index is 0.254. The van der Waals surface area contributed by atoms with Gasteiger partial charge in [0, 0.05) is 30.3 Å². The van der Waals surface area contributed by atoms with Gasteiger partial charge in [-0.25, -0.2) is 9.37 Å². The van der Waals surface area contributed by atoms with Crippen molar-refractivity contribution in [3.63, 3.8) is 0 Å². The third kappa shape index (κ3) is 4.40. The Morgan fingerprint density at radius 1 is 1.25 bits per heavy atom. The zero-order valence-corrected chi connectivity index (χ0v) is 13.3. The predicted molar refractivity (Wildman–Crippen MR) is 83.5 cm³/mol. The van der Waals surface area contributed by atoms with Crippen LogP contribution in [0.15, 0.2) is 16.7 Å². The third-order valence-electron chi connectivity index (χ3n) is 3.60. The summed E-state index contributed by atoms with van der Waals surface area (Å²) < 4.78 is 14.6. The molecule has 2 heterocycles. The van der Waals surface area contributed by atoms with Gasteiger partial charge in [-0.15, -0.1) is 0 Å². The monoisotopic (exact) mass is 344 g/mol. The first kappa shape index (κ1) is 15.7. The summed E-state index contributed by atoms with van der Waals surface area (Å²) in [5.74, 6) is 0.216. The van der Waals surface area contributed by atoms with Crippen LogP contribution in [-0.2, 0) is 0 Å². The Bertz CT molecular complexity index is 430. The summed E-state index contributed by atoms with van der Waals surface area (Å²) in [7, 11) is 0. The lowest BCUT2D eigenvalue weighted by Crippen LogP contribution is -2.32. The van der Waals surface area contributed by atoms with Crippen LogP contribution in [0, 0.1) is 5.82 Å². The molecule has 20 heavy (non-hydrogen) atoms. The second-order valence-corrected chi connectivity index (χ2v) is 6.05. The molecule has 0 radical (unpaired) electrons. The fourth-order valence-corrected chi connectivity index (χ4v) is 2.83. The molecule has 112 valence electrons. The van der Waals surface area contributed by atoms with Gasteiger partial charge in [0.15, 0.2) is 11.6 Å². The predicted octanol–water partition coefficient (Wildman–Crippen LogP) is 2.23. The number of unbranched alkanes of at least 4 members (excludes halogenated alkanes) is 1. The quantitative estimate of drug-likeness (QED) is 0.832. The number of aromatic nitrogens is 1. The molecule has 0 aromatic carbocycles. The molecular weight excluding hydrogens is 323 g/mol. The molecule has 4 nitrogen and oxygen atoms in total. The van der Waals surface area contributed by atoms with E-state index in [4.69, 9.17) is 5.73 Å². The van der Waals surface area contributed by atoms with Crippen LogP contribution in [0.2, 0.25) is 0 Å². The molecule has 2 N–H and O–H groups in total. The number of nitrogens with two attached hydrogens (primary N) is 1. The van der Waals surface area contributed by atoms with Crippen molar-refractivity contribution in [1.29, 1.82) is 0 Å². The number of halogens is 2. The molecule has 1 aliphatic heterocycles. The van der Waals surface area contributed by atoms with Crippen LogP contribution in [0.1, 0.15) is 19.3 Å². The third-order valence-corrected chi connectivity index (χ3v) is 4.04. The topological polar surface area (TPSA) is 45.4 Å². The minimum Gasteiger partial charge on any atom is -0.353 e. The largest absolute Gasteiger partial charge is 0.353 e. The molecule has 0 aliphatic carbocycles. The SMILES string of the molecule is NCCCCN1CCCN(c2ncc(Br)cc2F)CC1. The second-order valence-electron chi connectivity index (χ2n) is 5.14. The van der Waals surface area contributed by atoms with Gasteiger partial charge < -0.3 is 15.5 Å². The number of anilines is 1. The Morgan fingerprint density at radius 3 is 2.85 bits per heavy atom. The molecule has 6 heteroatoms. The molecule has 0 amide bonds. The van der Waals surface area contributed by atoms with Crippen molar-refractivity contribution < 1.29 is 4.39 Å². The Balaban J connectivity index is 1.92. The average Bonchev–Trinajstić information content (AvgIpc) is 2.65. The van der Waals surface area contributed by atoms with Gasteiger partial charge in [-0.3, -0.25) is 0 Å². The first-order chi connectivity index (χ1) is 9.70. The fourth-order valence-electron chi connectivity index (χ4n) is 2.53. The van der Waals surface area contributed by atoms with E-state index in [1.54, 1.807) is 6.20 Å². The zero-order valence-electron chi connectivity index (χ0n) is 11.7. The Kier molecular flexibility index (Phi) is 6.19. The van der Waals surface area contributed by atoms with E-state index in [2.05, 4.69) is 25.8 Å². The van der Waals surface area contributed by atoms with E-state index in [0.29, 0.717) is 10.3 Å². The highest BCUT2D eigenvalue weighted by Crippen LogP contribution is 2.21. The minimum atomic E-state index is -0.254. The maximum Gasteiger partial charge on any atom is 0.166 e. The second kappa shape index (κ2) is 7.90. The van der Waals surface area contributed by atoms with Crippen molar-refractivity contribution in [2.24, 2.45) is 5.73 Å². The lowest BCUT2D eigenvalue weighted by molar-refractivity contribution is 0.287. The Morgan fingerprint density at radius 2 is 2.10 bits per heavy atom. The molecule has 1 aliphatic rings.